The van der Waals surface area contributed by atoms with E-state index in [1.165, 1.54) is 15.3 Å². The zero-order valence-corrected chi connectivity index (χ0v) is 12.6. The predicted octanol–water partition coefficient (Wildman–Crippen LogP) is 3.43. The smallest absolute Gasteiger partial charge is 0.120 e. The first kappa shape index (κ1) is 13.9. The fourth-order valence-corrected chi connectivity index (χ4v) is 3.00. The van der Waals surface area contributed by atoms with Gasteiger partial charge in [0.15, 0.2) is 0 Å². The van der Waals surface area contributed by atoms with Crippen LogP contribution in [0.5, 0.6) is 0 Å². The summed E-state index contributed by atoms with van der Waals surface area (Å²) in [5.41, 5.74) is 3.06. The minimum absolute atomic E-state index is 0.337. The summed E-state index contributed by atoms with van der Waals surface area (Å²) in [6.45, 7) is 7.15. The highest BCUT2D eigenvalue weighted by Crippen LogP contribution is 2.23. The van der Waals surface area contributed by atoms with Gasteiger partial charge in [0.25, 0.3) is 0 Å². The van der Waals surface area contributed by atoms with Gasteiger partial charge in [-0.1, -0.05) is 0 Å². The van der Waals surface area contributed by atoms with Crippen LogP contribution in [0.4, 0.5) is 0 Å². The highest BCUT2D eigenvalue weighted by Gasteiger charge is 2.11. The Morgan fingerprint density at radius 2 is 2.16 bits per heavy atom. The molecule has 0 aliphatic heterocycles. The number of nitrogens with one attached hydrogen (secondary N) is 1. The lowest BCUT2D eigenvalue weighted by molar-refractivity contribution is 0.580. The molecule has 0 saturated carbocycles. The molecule has 0 saturated heterocycles. The summed E-state index contributed by atoms with van der Waals surface area (Å²) >= 11 is 1.83. The summed E-state index contributed by atoms with van der Waals surface area (Å²) in [4.78, 5) is 2.69. The molecule has 100 valence electrons. The van der Waals surface area contributed by atoms with Crippen LogP contribution in [0.15, 0.2) is 18.2 Å². The van der Waals surface area contributed by atoms with Gasteiger partial charge in [0.05, 0.1) is 0 Å². The fourth-order valence-electron chi connectivity index (χ4n) is 2.10. The van der Waals surface area contributed by atoms with E-state index in [0.717, 1.165) is 12.2 Å². The third-order valence-electron chi connectivity index (χ3n) is 3.54. The number of aryl methyl sites for hydroxylation is 1. The molecule has 3 nitrogen and oxygen atoms in total. The molecule has 2 rings (SSSR count). The quantitative estimate of drug-likeness (QED) is 0.927. The Morgan fingerprint density at radius 3 is 2.68 bits per heavy atom. The van der Waals surface area contributed by atoms with Gasteiger partial charge in [-0.3, -0.25) is 0 Å². The maximum atomic E-state index is 9.02. The van der Waals surface area contributed by atoms with Crippen LogP contribution < -0.4 is 5.32 Å². The predicted molar refractivity (Wildman–Crippen MR) is 79.2 cm³/mol. The second-order valence-electron chi connectivity index (χ2n) is 4.86. The molecule has 2 heterocycles. The van der Waals surface area contributed by atoms with Crippen LogP contribution in [0.2, 0.25) is 0 Å². The van der Waals surface area contributed by atoms with Crippen molar-refractivity contribution in [3.05, 3.63) is 44.9 Å². The van der Waals surface area contributed by atoms with E-state index in [4.69, 9.17) is 5.26 Å². The first-order chi connectivity index (χ1) is 9.02. The number of nitrogens with zero attached hydrogens (tertiary/aromatic N) is 2. The van der Waals surface area contributed by atoms with E-state index in [-0.39, 0.29) is 0 Å². The van der Waals surface area contributed by atoms with Crippen molar-refractivity contribution < 1.29 is 0 Å². The van der Waals surface area contributed by atoms with Crippen LogP contribution in [-0.4, -0.2) is 4.57 Å². The highest BCUT2D eigenvalue weighted by atomic mass is 32.1. The maximum Gasteiger partial charge on any atom is 0.120 e. The van der Waals surface area contributed by atoms with E-state index in [1.807, 2.05) is 29.0 Å². The second-order valence-corrected chi connectivity index (χ2v) is 6.18. The fraction of sp³-hybridized carbons (Fsp3) is 0.400. The molecule has 0 spiro atoms. The highest BCUT2D eigenvalue weighted by molar-refractivity contribution is 7.12. The number of nitriles is 1. The van der Waals surface area contributed by atoms with Gasteiger partial charge in [-0.2, -0.15) is 5.26 Å². The maximum absolute atomic E-state index is 9.02. The summed E-state index contributed by atoms with van der Waals surface area (Å²) in [6, 6.07) is 8.85. The average Bonchev–Trinajstić information content (AvgIpc) is 2.94. The second kappa shape index (κ2) is 5.60. The Bertz CT molecular complexity index is 616. The van der Waals surface area contributed by atoms with E-state index in [9.17, 15) is 0 Å². The van der Waals surface area contributed by atoms with Gasteiger partial charge in [-0.25, -0.2) is 0 Å². The van der Waals surface area contributed by atoms with E-state index < -0.39 is 0 Å². The van der Waals surface area contributed by atoms with E-state index in [2.05, 4.69) is 44.3 Å². The Hall–Kier alpha value is -1.57. The van der Waals surface area contributed by atoms with Crippen molar-refractivity contribution in [2.75, 3.05) is 0 Å². The molecule has 1 atom stereocenters. The standard InChI is InChI=1S/C15H19N3S/c1-10-5-6-15(19-10)11(2)17-9-13-7-14(8-16)18(4)12(13)3/h5-7,11,17H,9H2,1-4H3. The molecule has 2 aromatic heterocycles. The number of thiophene rings is 1. The summed E-state index contributed by atoms with van der Waals surface area (Å²) in [5.74, 6) is 0. The van der Waals surface area contributed by atoms with Crippen LogP contribution in [0.3, 0.4) is 0 Å². The zero-order valence-electron chi connectivity index (χ0n) is 11.8. The van der Waals surface area contributed by atoms with Crippen molar-refractivity contribution in [1.82, 2.24) is 9.88 Å². The molecule has 4 heteroatoms. The van der Waals surface area contributed by atoms with Crippen LogP contribution in [0, 0.1) is 25.2 Å². The summed E-state index contributed by atoms with van der Waals surface area (Å²) < 4.78 is 1.94. The molecule has 0 aromatic carbocycles. The molecule has 2 aromatic rings. The Labute approximate surface area is 118 Å². The summed E-state index contributed by atoms with van der Waals surface area (Å²) in [7, 11) is 1.93. The van der Waals surface area contributed by atoms with Crippen molar-refractivity contribution in [2.24, 2.45) is 7.05 Å². The Kier molecular flexibility index (Phi) is 4.08. The molecule has 1 N–H and O–H groups in total. The van der Waals surface area contributed by atoms with Gasteiger partial charge in [0.1, 0.15) is 11.8 Å². The van der Waals surface area contributed by atoms with Crippen LogP contribution in [0.1, 0.15) is 39.7 Å². The summed E-state index contributed by atoms with van der Waals surface area (Å²) in [5, 5.41) is 12.5. The van der Waals surface area contributed by atoms with Crippen LogP contribution in [-0.2, 0) is 13.6 Å². The van der Waals surface area contributed by atoms with Gasteiger partial charge in [0.2, 0.25) is 0 Å². The average molecular weight is 273 g/mol. The molecular formula is C15H19N3S. The van der Waals surface area contributed by atoms with Crippen molar-refractivity contribution >= 4 is 11.3 Å². The normalized spacial score (nSPS) is 12.4. The van der Waals surface area contributed by atoms with Crippen LogP contribution in [0.25, 0.3) is 0 Å². The minimum Gasteiger partial charge on any atom is -0.340 e. The van der Waals surface area contributed by atoms with E-state index >= 15 is 0 Å². The van der Waals surface area contributed by atoms with Crippen molar-refractivity contribution in [3.8, 4) is 6.07 Å². The van der Waals surface area contributed by atoms with Crippen molar-refractivity contribution in [2.45, 2.75) is 33.4 Å². The first-order valence-electron chi connectivity index (χ1n) is 6.38. The molecule has 0 aliphatic rings. The molecule has 0 bridgehead atoms. The van der Waals surface area contributed by atoms with Crippen molar-refractivity contribution in [3.63, 3.8) is 0 Å². The number of aromatic nitrogens is 1. The molecule has 0 aliphatic carbocycles. The van der Waals surface area contributed by atoms with E-state index in [1.54, 1.807) is 0 Å². The lowest BCUT2D eigenvalue weighted by Gasteiger charge is -2.12. The Balaban J connectivity index is 2.05. The molecular weight excluding hydrogens is 254 g/mol. The lowest BCUT2D eigenvalue weighted by Crippen LogP contribution is -2.17. The number of hydrogen-bond donors (Lipinski definition) is 1. The Morgan fingerprint density at radius 1 is 1.42 bits per heavy atom. The molecule has 1 unspecified atom stereocenters. The monoisotopic (exact) mass is 273 g/mol. The third-order valence-corrected chi connectivity index (χ3v) is 4.72. The summed E-state index contributed by atoms with van der Waals surface area (Å²) in [6.07, 6.45) is 0. The SMILES string of the molecule is Cc1ccc(C(C)NCc2cc(C#N)n(C)c2C)s1. The largest absolute Gasteiger partial charge is 0.340 e. The van der Waals surface area contributed by atoms with Gasteiger partial charge in [0, 0.05) is 35.1 Å². The lowest BCUT2D eigenvalue weighted by atomic mass is 10.2. The van der Waals surface area contributed by atoms with Gasteiger partial charge >= 0.3 is 0 Å². The molecule has 19 heavy (non-hydrogen) atoms. The number of rotatable bonds is 4. The van der Waals surface area contributed by atoms with Gasteiger partial charge in [-0.05, 0) is 44.5 Å². The zero-order chi connectivity index (χ0) is 14.0. The third kappa shape index (κ3) is 2.89. The first-order valence-corrected chi connectivity index (χ1v) is 7.19. The van der Waals surface area contributed by atoms with Gasteiger partial charge < -0.3 is 9.88 Å². The van der Waals surface area contributed by atoms with Crippen molar-refractivity contribution in [1.29, 1.82) is 5.26 Å². The van der Waals surface area contributed by atoms with Crippen LogP contribution >= 0.6 is 11.3 Å². The minimum atomic E-state index is 0.337. The van der Waals surface area contributed by atoms with Gasteiger partial charge in [-0.15, -0.1) is 11.3 Å². The molecule has 0 amide bonds. The van der Waals surface area contributed by atoms with E-state index in [0.29, 0.717) is 11.7 Å². The molecule has 0 fully saturated rings. The topological polar surface area (TPSA) is 40.8 Å². The number of hydrogen-bond acceptors (Lipinski definition) is 3. The molecule has 0 radical (unpaired) electrons.